The molecule has 2 aromatic rings. The number of hydrogen-bond acceptors (Lipinski definition) is 0. The van der Waals surface area contributed by atoms with Crippen molar-refractivity contribution in [3.8, 4) is 0 Å². The summed E-state index contributed by atoms with van der Waals surface area (Å²) < 4.78 is 0. The van der Waals surface area contributed by atoms with Crippen molar-refractivity contribution in [2.45, 2.75) is 24.6 Å². The molecule has 0 radical (unpaired) electrons. The molecule has 0 aromatic heterocycles. The largest absolute Gasteiger partial charge is 0.0835 e. The van der Waals surface area contributed by atoms with Gasteiger partial charge in [0.15, 0.2) is 0 Å². The summed E-state index contributed by atoms with van der Waals surface area (Å²) >= 11 is 3.88. The molecule has 1 aliphatic rings. The first-order valence-electron chi connectivity index (χ1n) is 5.89. The molecule has 82 valence electrons. The summed E-state index contributed by atoms with van der Waals surface area (Å²) in [7, 11) is 0. The Morgan fingerprint density at radius 1 is 1.12 bits per heavy atom. The van der Waals surface area contributed by atoms with E-state index >= 15 is 0 Å². The maximum atomic E-state index is 3.88. The Labute approximate surface area is 105 Å². The van der Waals surface area contributed by atoms with E-state index in [1.165, 1.54) is 34.7 Å². The van der Waals surface area contributed by atoms with Crippen LogP contribution in [0.2, 0.25) is 0 Å². The molecule has 16 heavy (non-hydrogen) atoms. The van der Waals surface area contributed by atoms with Gasteiger partial charge in [0, 0.05) is 4.83 Å². The third kappa shape index (κ3) is 1.67. The van der Waals surface area contributed by atoms with E-state index in [0.717, 1.165) is 5.92 Å². The first-order chi connectivity index (χ1) is 7.77. The highest BCUT2D eigenvalue weighted by molar-refractivity contribution is 9.09. The zero-order valence-corrected chi connectivity index (χ0v) is 11.0. The van der Waals surface area contributed by atoms with Crippen molar-refractivity contribution in [3.63, 3.8) is 0 Å². The van der Waals surface area contributed by atoms with Crippen LogP contribution >= 0.6 is 15.9 Å². The van der Waals surface area contributed by atoms with E-state index in [9.17, 15) is 0 Å². The van der Waals surface area contributed by atoms with Crippen LogP contribution in [0.1, 0.15) is 28.8 Å². The lowest BCUT2D eigenvalue weighted by Gasteiger charge is -2.15. The van der Waals surface area contributed by atoms with Crippen molar-refractivity contribution in [1.29, 1.82) is 0 Å². The molecular formula is C15H15Br. The summed E-state index contributed by atoms with van der Waals surface area (Å²) in [4.78, 5) is 0.540. The van der Waals surface area contributed by atoms with Gasteiger partial charge in [-0.2, -0.15) is 0 Å². The van der Waals surface area contributed by atoms with Crippen LogP contribution in [0.5, 0.6) is 0 Å². The maximum Gasteiger partial charge on any atom is 0.0432 e. The van der Waals surface area contributed by atoms with Crippen molar-refractivity contribution < 1.29 is 0 Å². The molecule has 0 amide bonds. The van der Waals surface area contributed by atoms with Crippen LogP contribution in [0.25, 0.3) is 10.8 Å². The third-order valence-electron chi connectivity index (χ3n) is 3.50. The van der Waals surface area contributed by atoms with Crippen LogP contribution in [0.15, 0.2) is 36.4 Å². The molecule has 0 bridgehead atoms. The first kappa shape index (κ1) is 10.3. The highest BCUT2D eigenvalue weighted by atomic mass is 79.9. The van der Waals surface area contributed by atoms with E-state index in [0.29, 0.717) is 4.83 Å². The normalized spacial score (nSPS) is 17.6. The number of aryl methyl sites for hydroxylation is 1. The van der Waals surface area contributed by atoms with Gasteiger partial charge in [0.1, 0.15) is 0 Å². The van der Waals surface area contributed by atoms with Gasteiger partial charge in [-0.05, 0) is 47.6 Å². The van der Waals surface area contributed by atoms with Gasteiger partial charge in [-0.15, -0.1) is 0 Å². The smallest absolute Gasteiger partial charge is 0.0432 e. The number of fused-ring (bicyclic) bond motifs is 1. The van der Waals surface area contributed by atoms with Crippen molar-refractivity contribution in [1.82, 2.24) is 0 Å². The fourth-order valence-corrected chi connectivity index (χ4v) is 3.53. The standard InChI is InChI=1S/C15H15Br/c1-10-6-7-11-4-2-3-5-13(11)14(10)15(16)12-8-9-12/h2-7,12,15H,8-9H2,1H3. The summed E-state index contributed by atoms with van der Waals surface area (Å²) in [5.74, 6) is 0.851. The molecule has 0 N–H and O–H groups in total. The topological polar surface area (TPSA) is 0 Å². The minimum Gasteiger partial charge on any atom is -0.0835 e. The Morgan fingerprint density at radius 3 is 2.62 bits per heavy atom. The molecule has 1 unspecified atom stereocenters. The van der Waals surface area contributed by atoms with Crippen LogP contribution in [-0.2, 0) is 0 Å². The monoisotopic (exact) mass is 274 g/mol. The number of rotatable bonds is 2. The van der Waals surface area contributed by atoms with Crippen molar-refractivity contribution in [3.05, 3.63) is 47.5 Å². The molecular weight excluding hydrogens is 260 g/mol. The summed E-state index contributed by atoms with van der Waals surface area (Å²) in [5.41, 5.74) is 2.91. The zero-order valence-electron chi connectivity index (χ0n) is 9.41. The second-order valence-electron chi connectivity index (χ2n) is 4.76. The van der Waals surface area contributed by atoms with Crippen LogP contribution in [0, 0.1) is 12.8 Å². The van der Waals surface area contributed by atoms with Gasteiger partial charge in [-0.1, -0.05) is 52.3 Å². The van der Waals surface area contributed by atoms with Crippen molar-refractivity contribution in [2.24, 2.45) is 5.92 Å². The molecule has 1 aliphatic carbocycles. The van der Waals surface area contributed by atoms with Gasteiger partial charge < -0.3 is 0 Å². The number of alkyl halides is 1. The Bertz CT molecular complexity index is 526. The lowest BCUT2D eigenvalue weighted by atomic mass is 9.96. The lowest BCUT2D eigenvalue weighted by Crippen LogP contribution is -1.97. The van der Waals surface area contributed by atoms with E-state index < -0.39 is 0 Å². The highest BCUT2D eigenvalue weighted by Crippen LogP contribution is 2.48. The van der Waals surface area contributed by atoms with Gasteiger partial charge in [-0.25, -0.2) is 0 Å². The lowest BCUT2D eigenvalue weighted by molar-refractivity contribution is 0.823. The second-order valence-corrected chi connectivity index (χ2v) is 5.74. The Kier molecular flexibility index (Phi) is 2.51. The van der Waals surface area contributed by atoms with Crippen molar-refractivity contribution >= 4 is 26.7 Å². The number of benzene rings is 2. The van der Waals surface area contributed by atoms with Gasteiger partial charge in [0.2, 0.25) is 0 Å². The van der Waals surface area contributed by atoms with E-state index in [1.807, 2.05) is 0 Å². The summed E-state index contributed by atoms with van der Waals surface area (Å²) in [6, 6.07) is 13.2. The van der Waals surface area contributed by atoms with E-state index in [4.69, 9.17) is 0 Å². The molecule has 0 nitrogen and oxygen atoms in total. The minimum absolute atomic E-state index is 0.540. The van der Waals surface area contributed by atoms with Crippen molar-refractivity contribution in [2.75, 3.05) is 0 Å². The van der Waals surface area contributed by atoms with Gasteiger partial charge >= 0.3 is 0 Å². The predicted molar refractivity (Wildman–Crippen MR) is 73.1 cm³/mol. The van der Waals surface area contributed by atoms with E-state index in [1.54, 1.807) is 0 Å². The second kappa shape index (κ2) is 3.89. The van der Waals surface area contributed by atoms with Crippen LogP contribution in [0.4, 0.5) is 0 Å². The number of hydrogen-bond donors (Lipinski definition) is 0. The third-order valence-corrected chi connectivity index (χ3v) is 4.71. The molecule has 1 fully saturated rings. The van der Waals surface area contributed by atoms with Gasteiger partial charge in [-0.3, -0.25) is 0 Å². The maximum absolute atomic E-state index is 3.88. The fraction of sp³-hybridized carbons (Fsp3) is 0.333. The minimum atomic E-state index is 0.540. The summed E-state index contributed by atoms with van der Waals surface area (Å²) in [6.07, 6.45) is 2.75. The predicted octanol–water partition coefficient (Wildman–Crippen LogP) is 4.99. The van der Waals surface area contributed by atoms with Gasteiger partial charge in [0.25, 0.3) is 0 Å². The Hall–Kier alpha value is -0.820. The van der Waals surface area contributed by atoms with Crippen LogP contribution in [0.3, 0.4) is 0 Å². The number of halogens is 1. The van der Waals surface area contributed by atoms with E-state index in [2.05, 4.69) is 59.3 Å². The SMILES string of the molecule is Cc1ccc2ccccc2c1C(Br)C1CC1. The molecule has 3 rings (SSSR count). The van der Waals surface area contributed by atoms with Crippen LogP contribution in [-0.4, -0.2) is 0 Å². The molecule has 1 saturated carbocycles. The molecule has 0 saturated heterocycles. The average molecular weight is 275 g/mol. The fourth-order valence-electron chi connectivity index (χ4n) is 2.40. The quantitative estimate of drug-likeness (QED) is 0.677. The molecule has 0 aliphatic heterocycles. The summed E-state index contributed by atoms with van der Waals surface area (Å²) in [5, 5.41) is 2.77. The molecule has 0 spiro atoms. The molecule has 2 aromatic carbocycles. The molecule has 0 heterocycles. The zero-order chi connectivity index (χ0) is 11.1. The average Bonchev–Trinajstić information content (AvgIpc) is 3.12. The Balaban J connectivity index is 2.23. The first-order valence-corrected chi connectivity index (χ1v) is 6.81. The summed E-state index contributed by atoms with van der Waals surface area (Å²) in [6.45, 7) is 2.22. The Morgan fingerprint density at radius 2 is 1.88 bits per heavy atom. The molecule has 1 heteroatoms. The molecule has 1 atom stereocenters. The highest BCUT2D eigenvalue weighted by Gasteiger charge is 2.31. The van der Waals surface area contributed by atoms with E-state index in [-0.39, 0.29) is 0 Å². The van der Waals surface area contributed by atoms with Crippen LogP contribution < -0.4 is 0 Å². The van der Waals surface area contributed by atoms with Gasteiger partial charge in [0.05, 0.1) is 0 Å².